The molecule has 1 amide bonds. The first-order chi connectivity index (χ1) is 12.6. The van der Waals surface area contributed by atoms with Gasteiger partial charge in [0.1, 0.15) is 0 Å². The first-order valence-corrected chi connectivity index (χ1v) is 9.89. The lowest BCUT2D eigenvalue weighted by atomic mass is 10.0. The van der Waals surface area contributed by atoms with E-state index in [0.717, 1.165) is 11.6 Å². The van der Waals surface area contributed by atoms with Crippen LogP contribution in [-0.4, -0.2) is 26.9 Å². The molecule has 0 aliphatic rings. The number of esters is 1. The predicted octanol–water partition coefficient (Wildman–Crippen LogP) is 2.91. The molecule has 2 rings (SSSR count). The lowest BCUT2D eigenvalue weighted by Gasteiger charge is -2.10. The van der Waals surface area contributed by atoms with E-state index in [-0.39, 0.29) is 15.5 Å². The van der Waals surface area contributed by atoms with Crippen LogP contribution in [0.5, 0.6) is 0 Å². The first-order valence-electron chi connectivity index (χ1n) is 7.97. The average Bonchev–Trinajstić information content (AvgIpc) is 2.59. The van der Waals surface area contributed by atoms with Crippen LogP contribution in [-0.2, 0) is 19.6 Å². The van der Waals surface area contributed by atoms with Crippen LogP contribution in [0.15, 0.2) is 47.4 Å². The van der Waals surface area contributed by atoms with E-state index in [1.54, 1.807) is 12.1 Å². The second kappa shape index (κ2) is 8.51. The minimum Gasteiger partial charge on any atom is -0.452 e. The van der Waals surface area contributed by atoms with E-state index >= 15 is 0 Å². The number of ether oxygens (including phenoxy) is 1. The number of sulfonamides is 1. The summed E-state index contributed by atoms with van der Waals surface area (Å²) < 4.78 is 27.6. The van der Waals surface area contributed by atoms with Gasteiger partial charge in [0.15, 0.2) is 6.61 Å². The largest absolute Gasteiger partial charge is 0.452 e. The van der Waals surface area contributed by atoms with Gasteiger partial charge in [-0.1, -0.05) is 37.6 Å². The summed E-state index contributed by atoms with van der Waals surface area (Å²) in [6.45, 7) is 3.56. The molecule has 2 aromatic rings. The van der Waals surface area contributed by atoms with Crippen molar-refractivity contribution in [3.05, 3.63) is 58.6 Å². The number of primary sulfonamides is 1. The van der Waals surface area contributed by atoms with Crippen LogP contribution in [0.4, 0.5) is 5.69 Å². The van der Waals surface area contributed by atoms with Crippen molar-refractivity contribution < 1.29 is 22.7 Å². The minimum absolute atomic E-state index is 0.0166. The Morgan fingerprint density at radius 1 is 1.15 bits per heavy atom. The van der Waals surface area contributed by atoms with E-state index in [4.69, 9.17) is 21.5 Å². The van der Waals surface area contributed by atoms with Gasteiger partial charge in [0.2, 0.25) is 10.0 Å². The van der Waals surface area contributed by atoms with Crippen molar-refractivity contribution in [1.29, 1.82) is 0 Å². The van der Waals surface area contributed by atoms with E-state index in [2.05, 4.69) is 19.2 Å². The van der Waals surface area contributed by atoms with Crippen LogP contribution in [0.3, 0.4) is 0 Å². The lowest BCUT2D eigenvalue weighted by molar-refractivity contribution is -0.119. The number of hydrogen-bond acceptors (Lipinski definition) is 5. The number of nitrogens with one attached hydrogen (secondary N) is 1. The summed E-state index contributed by atoms with van der Waals surface area (Å²) in [6, 6.07) is 10.7. The maximum Gasteiger partial charge on any atom is 0.340 e. The van der Waals surface area contributed by atoms with E-state index < -0.39 is 28.5 Å². The van der Waals surface area contributed by atoms with Crippen molar-refractivity contribution >= 4 is 39.2 Å². The van der Waals surface area contributed by atoms with Gasteiger partial charge in [-0.25, -0.2) is 18.4 Å². The third kappa shape index (κ3) is 5.78. The van der Waals surface area contributed by atoms with Crippen molar-refractivity contribution in [2.45, 2.75) is 24.7 Å². The summed E-state index contributed by atoms with van der Waals surface area (Å²) in [5.74, 6) is -1.11. The molecule has 0 aromatic heterocycles. The predicted molar refractivity (Wildman–Crippen MR) is 102 cm³/mol. The number of anilines is 1. The number of nitrogens with two attached hydrogens (primary N) is 1. The molecule has 0 unspecified atom stereocenters. The summed E-state index contributed by atoms with van der Waals surface area (Å²) in [6.07, 6.45) is 0. The normalized spacial score (nSPS) is 11.3. The highest BCUT2D eigenvalue weighted by Crippen LogP contribution is 2.21. The van der Waals surface area contributed by atoms with E-state index in [1.165, 1.54) is 12.1 Å². The minimum atomic E-state index is -4.00. The fraction of sp³-hybridized carbons (Fsp3) is 0.222. The molecule has 0 spiro atoms. The van der Waals surface area contributed by atoms with Gasteiger partial charge < -0.3 is 10.1 Å². The second-order valence-corrected chi connectivity index (χ2v) is 8.06. The van der Waals surface area contributed by atoms with Gasteiger partial charge in [-0.15, -0.1) is 0 Å². The maximum absolute atomic E-state index is 12.1. The summed E-state index contributed by atoms with van der Waals surface area (Å²) in [5, 5.41) is 7.61. The van der Waals surface area contributed by atoms with Gasteiger partial charge in [0.25, 0.3) is 5.91 Å². The molecule has 0 saturated carbocycles. The molecule has 3 N–H and O–H groups in total. The number of halogens is 1. The van der Waals surface area contributed by atoms with Crippen LogP contribution in [0.2, 0.25) is 5.02 Å². The number of hydrogen-bond donors (Lipinski definition) is 2. The average molecular weight is 411 g/mol. The Kier molecular flexibility index (Phi) is 6.59. The number of amides is 1. The molecule has 0 aliphatic carbocycles. The van der Waals surface area contributed by atoms with Gasteiger partial charge in [-0.2, -0.15) is 0 Å². The third-order valence-corrected chi connectivity index (χ3v) is 4.92. The lowest BCUT2D eigenvalue weighted by Crippen LogP contribution is -2.21. The zero-order valence-electron chi connectivity index (χ0n) is 14.7. The van der Waals surface area contributed by atoms with Crippen molar-refractivity contribution in [3.63, 3.8) is 0 Å². The molecule has 0 radical (unpaired) electrons. The summed E-state index contributed by atoms with van der Waals surface area (Å²) >= 11 is 5.89. The fourth-order valence-corrected chi connectivity index (χ4v) is 2.93. The monoisotopic (exact) mass is 410 g/mol. The molecule has 0 atom stereocenters. The van der Waals surface area contributed by atoms with Gasteiger partial charge in [-0.3, -0.25) is 4.79 Å². The first kappa shape index (κ1) is 20.9. The molecule has 144 valence electrons. The van der Waals surface area contributed by atoms with Crippen molar-refractivity contribution in [2.75, 3.05) is 11.9 Å². The maximum atomic E-state index is 12.1. The second-order valence-electron chi connectivity index (χ2n) is 6.09. The highest BCUT2D eigenvalue weighted by molar-refractivity contribution is 7.89. The van der Waals surface area contributed by atoms with Gasteiger partial charge in [-0.05, 0) is 41.8 Å². The van der Waals surface area contributed by atoms with Crippen molar-refractivity contribution in [3.8, 4) is 0 Å². The zero-order valence-corrected chi connectivity index (χ0v) is 16.3. The van der Waals surface area contributed by atoms with Crippen LogP contribution >= 0.6 is 11.6 Å². The van der Waals surface area contributed by atoms with E-state index in [0.29, 0.717) is 11.6 Å². The number of carbonyl (C=O) groups excluding carboxylic acids is 2. The van der Waals surface area contributed by atoms with Crippen LogP contribution < -0.4 is 10.5 Å². The Morgan fingerprint density at radius 2 is 1.78 bits per heavy atom. The van der Waals surface area contributed by atoms with Crippen LogP contribution in [0.1, 0.15) is 35.7 Å². The molecule has 9 heteroatoms. The highest BCUT2D eigenvalue weighted by Gasteiger charge is 2.18. The van der Waals surface area contributed by atoms with Gasteiger partial charge in [0, 0.05) is 5.69 Å². The van der Waals surface area contributed by atoms with Gasteiger partial charge in [0.05, 0.1) is 15.5 Å². The van der Waals surface area contributed by atoms with E-state index in [1.807, 2.05) is 12.1 Å². The molecule has 0 bridgehead atoms. The Bertz CT molecular complexity index is 956. The molecular weight excluding hydrogens is 392 g/mol. The molecule has 0 saturated heterocycles. The molecule has 7 nitrogen and oxygen atoms in total. The smallest absolute Gasteiger partial charge is 0.340 e. The Morgan fingerprint density at radius 3 is 2.33 bits per heavy atom. The molecular formula is C18H19ClN2O5S. The number of benzene rings is 2. The zero-order chi connectivity index (χ0) is 20.2. The fourth-order valence-electron chi connectivity index (χ4n) is 2.20. The standard InChI is InChI=1S/C18H19ClN2O5S/c1-11(2)12-3-5-13(6-4-12)21-17(22)10-26-18(23)15-9-14(27(20,24)25)7-8-16(15)19/h3-9,11H,10H2,1-2H3,(H,21,22)(H2,20,24,25). The number of rotatable bonds is 6. The molecule has 0 aliphatic heterocycles. The summed E-state index contributed by atoms with van der Waals surface area (Å²) in [7, 11) is -4.00. The molecule has 2 aromatic carbocycles. The topological polar surface area (TPSA) is 116 Å². The van der Waals surface area contributed by atoms with E-state index in [9.17, 15) is 18.0 Å². The van der Waals surface area contributed by atoms with Crippen LogP contribution in [0, 0.1) is 0 Å². The Labute approximate surface area is 162 Å². The quantitative estimate of drug-likeness (QED) is 0.710. The van der Waals surface area contributed by atoms with Crippen LogP contribution in [0.25, 0.3) is 0 Å². The molecule has 0 heterocycles. The molecule has 27 heavy (non-hydrogen) atoms. The Balaban J connectivity index is 2.00. The van der Waals surface area contributed by atoms with Gasteiger partial charge >= 0.3 is 5.97 Å². The third-order valence-electron chi connectivity index (χ3n) is 3.68. The Hall–Kier alpha value is -2.42. The number of carbonyl (C=O) groups is 2. The summed E-state index contributed by atoms with van der Waals surface area (Å²) in [4.78, 5) is 23.8. The summed E-state index contributed by atoms with van der Waals surface area (Å²) in [5.41, 5.74) is 1.50. The molecule has 0 fully saturated rings. The SMILES string of the molecule is CC(C)c1ccc(NC(=O)COC(=O)c2cc(S(N)(=O)=O)ccc2Cl)cc1. The van der Waals surface area contributed by atoms with Crippen molar-refractivity contribution in [1.82, 2.24) is 0 Å². The highest BCUT2D eigenvalue weighted by atomic mass is 35.5. The van der Waals surface area contributed by atoms with Crippen molar-refractivity contribution in [2.24, 2.45) is 5.14 Å².